The summed E-state index contributed by atoms with van der Waals surface area (Å²) in [5, 5.41) is 11.5. The van der Waals surface area contributed by atoms with E-state index in [-0.39, 0.29) is 17.6 Å². The highest BCUT2D eigenvalue weighted by Gasteiger charge is 2.30. The van der Waals surface area contributed by atoms with E-state index < -0.39 is 10.0 Å². The van der Waals surface area contributed by atoms with Crippen molar-refractivity contribution in [3.05, 3.63) is 29.8 Å². The molecule has 1 aliphatic heterocycles. The van der Waals surface area contributed by atoms with Crippen molar-refractivity contribution in [3.63, 3.8) is 0 Å². The Morgan fingerprint density at radius 2 is 1.91 bits per heavy atom. The maximum absolute atomic E-state index is 12.3. The number of benzene rings is 1. The molecule has 124 valence electrons. The van der Waals surface area contributed by atoms with Crippen molar-refractivity contribution in [1.82, 2.24) is 4.31 Å². The van der Waals surface area contributed by atoms with Gasteiger partial charge >= 0.3 is 0 Å². The quantitative estimate of drug-likeness (QED) is 0.887. The molecule has 1 aromatic carbocycles. The van der Waals surface area contributed by atoms with Crippen LogP contribution in [0.15, 0.2) is 24.3 Å². The molecule has 1 amide bonds. The summed E-state index contributed by atoms with van der Waals surface area (Å²) in [6.45, 7) is 2.43. The Labute approximate surface area is 137 Å². The molecule has 1 saturated heterocycles. The highest BCUT2D eigenvalue weighted by Crippen LogP contribution is 2.21. The number of carbonyl (C=O) groups excluding carboxylic acids is 1. The van der Waals surface area contributed by atoms with E-state index in [4.69, 9.17) is 5.26 Å². The van der Waals surface area contributed by atoms with Gasteiger partial charge in [-0.05, 0) is 37.5 Å². The van der Waals surface area contributed by atoms with Crippen molar-refractivity contribution in [3.8, 4) is 6.07 Å². The summed E-state index contributed by atoms with van der Waals surface area (Å²) in [7, 11) is -3.16. The highest BCUT2D eigenvalue weighted by atomic mass is 32.2. The van der Waals surface area contributed by atoms with Gasteiger partial charge in [-0.15, -0.1) is 0 Å². The monoisotopic (exact) mass is 335 g/mol. The molecule has 7 heteroatoms. The second-order valence-electron chi connectivity index (χ2n) is 5.59. The first-order valence-corrected chi connectivity index (χ1v) is 9.31. The summed E-state index contributed by atoms with van der Waals surface area (Å²) < 4.78 is 25.1. The van der Waals surface area contributed by atoms with Crippen molar-refractivity contribution in [2.75, 3.05) is 24.2 Å². The molecule has 6 nitrogen and oxygen atoms in total. The second-order valence-corrected chi connectivity index (χ2v) is 7.85. The maximum Gasteiger partial charge on any atom is 0.227 e. The van der Waals surface area contributed by atoms with Gasteiger partial charge in [0.05, 0.1) is 18.2 Å². The van der Waals surface area contributed by atoms with Crippen LogP contribution in [0.2, 0.25) is 0 Å². The molecule has 0 atom stereocenters. The Balaban J connectivity index is 1.89. The number of nitriles is 1. The summed E-state index contributed by atoms with van der Waals surface area (Å²) in [5.41, 5.74) is 1.60. The lowest BCUT2D eigenvalue weighted by Crippen LogP contribution is -2.42. The minimum Gasteiger partial charge on any atom is -0.326 e. The van der Waals surface area contributed by atoms with E-state index in [1.807, 2.05) is 12.1 Å². The van der Waals surface area contributed by atoms with Gasteiger partial charge in [-0.25, -0.2) is 12.7 Å². The van der Waals surface area contributed by atoms with Gasteiger partial charge in [0.1, 0.15) is 0 Å². The van der Waals surface area contributed by atoms with E-state index in [0.29, 0.717) is 38.0 Å². The van der Waals surface area contributed by atoms with Gasteiger partial charge < -0.3 is 5.32 Å². The van der Waals surface area contributed by atoms with E-state index in [1.165, 1.54) is 4.31 Å². The van der Waals surface area contributed by atoms with Crippen molar-refractivity contribution in [2.24, 2.45) is 5.92 Å². The molecule has 1 aliphatic rings. The standard InChI is InChI=1S/C16H21N3O3S/c1-2-23(21,22)19-11-8-14(9-12-19)16(20)18-15-5-3-13(4-6-15)7-10-17/h3-6,14H,2,7-9,11-12H2,1H3,(H,18,20). The SMILES string of the molecule is CCS(=O)(=O)N1CCC(C(=O)Nc2ccc(CC#N)cc2)CC1. The molecule has 1 N–H and O–H groups in total. The summed E-state index contributed by atoms with van der Waals surface area (Å²) in [6.07, 6.45) is 1.42. The van der Waals surface area contributed by atoms with Crippen LogP contribution in [0.4, 0.5) is 5.69 Å². The van der Waals surface area contributed by atoms with Crippen LogP contribution >= 0.6 is 0 Å². The van der Waals surface area contributed by atoms with E-state index in [0.717, 1.165) is 5.56 Å². The predicted molar refractivity (Wildman–Crippen MR) is 88.1 cm³/mol. The first-order valence-electron chi connectivity index (χ1n) is 7.71. The minimum atomic E-state index is -3.16. The molecule has 0 aromatic heterocycles. The number of amides is 1. The third-order valence-corrected chi connectivity index (χ3v) is 5.97. The number of nitrogens with zero attached hydrogens (tertiary/aromatic N) is 2. The molecule has 0 bridgehead atoms. The number of anilines is 1. The lowest BCUT2D eigenvalue weighted by Gasteiger charge is -2.30. The van der Waals surface area contributed by atoms with Crippen LogP contribution < -0.4 is 5.32 Å². The largest absolute Gasteiger partial charge is 0.326 e. The van der Waals surface area contributed by atoms with Crippen LogP contribution in [0.1, 0.15) is 25.3 Å². The zero-order chi connectivity index (χ0) is 16.9. The second kappa shape index (κ2) is 7.57. The van der Waals surface area contributed by atoms with E-state index in [9.17, 15) is 13.2 Å². The first-order chi connectivity index (χ1) is 11.0. The van der Waals surface area contributed by atoms with Crippen LogP contribution in [0, 0.1) is 17.2 Å². The molecule has 0 spiro atoms. The van der Waals surface area contributed by atoms with E-state index in [2.05, 4.69) is 11.4 Å². The Kier molecular flexibility index (Phi) is 5.74. The van der Waals surface area contributed by atoms with Crippen LogP contribution in [-0.4, -0.2) is 37.5 Å². The Hall–Kier alpha value is -1.91. The molecule has 1 heterocycles. The molecular formula is C16H21N3O3S. The molecule has 0 saturated carbocycles. The molecule has 23 heavy (non-hydrogen) atoms. The minimum absolute atomic E-state index is 0.0772. The number of piperidine rings is 1. The van der Waals surface area contributed by atoms with Gasteiger partial charge in [0, 0.05) is 24.7 Å². The number of rotatable bonds is 5. The predicted octanol–water partition coefficient (Wildman–Crippen LogP) is 1.75. The lowest BCUT2D eigenvalue weighted by atomic mass is 9.97. The fourth-order valence-corrected chi connectivity index (χ4v) is 3.75. The lowest BCUT2D eigenvalue weighted by molar-refractivity contribution is -0.120. The number of hydrogen-bond acceptors (Lipinski definition) is 4. The smallest absolute Gasteiger partial charge is 0.227 e. The van der Waals surface area contributed by atoms with Gasteiger partial charge in [0.2, 0.25) is 15.9 Å². The molecule has 1 fully saturated rings. The van der Waals surface area contributed by atoms with Crippen LogP contribution in [-0.2, 0) is 21.2 Å². The molecular weight excluding hydrogens is 314 g/mol. The Bertz CT molecular complexity index is 684. The highest BCUT2D eigenvalue weighted by molar-refractivity contribution is 7.89. The van der Waals surface area contributed by atoms with E-state index in [1.54, 1.807) is 19.1 Å². The third kappa shape index (κ3) is 4.53. The zero-order valence-electron chi connectivity index (χ0n) is 13.2. The third-order valence-electron chi connectivity index (χ3n) is 4.09. The first kappa shape index (κ1) is 17.4. The molecule has 0 unspecified atom stereocenters. The van der Waals surface area contributed by atoms with Gasteiger partial charge in [0.15, 0.2) is 0 Å². The van der Waals surface area contributed by atoms with Crippen molar-refractivity contribution >= 4 is 21.6 Å². The summed E-state index contributed by atoms with van der Waals surface area (Å²) >= 11 is 0. The average molecular weight is 335 g/mol. The summed E-state index contributed by atoms with van der Waals surface area (Å²) in [4.78, 5) is 12.3. The maximum atomic E-state index is 12.3. The van der Waals surface area contributed by atoms with Crippen molar-refractivity contribution in [2.45, 2.75) is 26.2 Å². The normalized spacial score (nSPS) is 16.7. The van der Waals surface area contributed by atoms with Crippen LogP contribution in [0.3, 0.4) is 0 Å². The summed E-state index contributed by atoms with van der Waals surface area (Å²) in [6, 6.07) is 9.26. The fourth-order valence-electron chi connectivity index (χ4n) is 2.62. The van der Waals surface area contributed by atoms with Crippen LogP contribution in [0.5, 0.6) is 0 Å². The van der Waals surface area contributed by atoms with Crippen molar-refractivity contribution in [1.29, 1.82) is 5.26 Å². The number of sulfonamides is 1. The topological polar surface area (TPSA) is 90.3 Å². The van der Waals surface area contributed by atoms with Gasteiger partial charge in [-0.1, -0.05) is 12.1 Å². The van der Waals surface area contributed by atoms with Gasteiger partial charge in [-0.2, -0.15) is 5.26 Å². The van der Waals surface area contributed by atoms with Crippen LogP contribution in [0.25, 0.3) is 0 Å². The fraction of sp³-hybridized carbons (Fsp3) is 0.500. The van der Waals surface area contributed by atoms with E-state index >= 15 is 0 Å². The van der Waals surface area contributed by atoms with Gasteiger partial charge in [-0.3, -0.25) is 4.79 Å². The summed E-state index contributed by atoms with van der Waals surface area (Å²) in [5.74, 6) is -0.150. The molecule has 0 radical (unpaired) electrons. The van der Waals surface area contributed by atoms with Crippen molar-refractivity contribution < 1.29 is 13.2 Å². The average Bonchev–Trinajstić information content (AvgIpc) is 2.57. The Morgan fingerprint density at radius 3 is 2.43 bits per heavy atom. The molecule has 0 aliphatic carbocycles. The number of hydrogen-bond donors (Lipinski definition) is 1. The molecule has 1 aromatic rings. The molecule has 2 rings (SSSR count). The number of carbonyl (C=O) groups is 1. The zero-order valence-corrected chi connectivity index (χ0v) is 14.0. The number of nitrogens with one attached hydrogen (secondary N) is 1. The Morgan fingerprint density at radius 1 is 1.30 bits per heavy atom. The van der Waals surface area contributed by atoms with Gasteiger partial charge in [0.25, 0.3) is 0 Å².